The molecule has 5 nitrogen and oxygen atoms in total. The number of nitrogens with one attached hydrogen (secondary N) is 1. The first-order valence-corrected chi connectivity index (χ1v) is 3.13. The van der Waals surface area contributed by atoms with Crippen molar-refractivity contribution in [3.05, 3.63) is 0 Å². The maximum atomic E-state index is 9.87. The minimum Gasteiger partial charge on any atom is -0.477 e. The summed E-state index contributed by atoms with van der Waals surface area (Å²) < 4.78 is 0. The predicted octanol–water partition coefficient (Wildman–Crippen LogP) is -0.583. The van der Waals surface area contributed by atoms with Crippen molar-refractivity contribution >= 4 is 12.2 Å². The molecule has 0 heterocycles. The van der Waals surface area contributed by atoms with Gasteiger partial charge in [0.05, 0.1) is 12.1 Å². The number of rotatable bonds is 4. The van der Waals surface area contributed by atoms with Crippen molar-refractivity contribution in [3.8, 4) is 0 Å². The molecule has 0 atom stereocenters. The Morgan fingerprint density at radius 3 is 2.64 bits per heavy atom. The maximum absolute atomic E-state index is 9.87. The van der Waals surface area contributed by atoms with E-state index in [1.807, 2.05) is 0 Å². The second-order valence-corrected chi connectivity index (χ2v) is 2.74. The molecule has 0 saturated carbocycles. The lowest BCUT2D eigenvalue weighted by Crippen LogP contribution is -2.32. The summed E-state index contributed by atoms with van der Waals surface area (Å²) in [6.07, 6.45) is 0.728. The first-order chi connectivity index (χ1) is 4.92. The molecule has 0 aromatic heterocycles. The van der Waals surface area contributed by atoms with Crippen LogP contribution >= 0.6 is 0 Å². The van der Waals surface area contributed by atoms with Gasteiger partial charge in [0.2, 0.25) is 0 Å². The fourth-order valence-electron chi connectivity index (χ4n) is 0.340. The van der Waals surface area contributed by atoms with Crippen LogP contribution in [-0.4, -0.2) is 34.5 Å². The molecule has 0 fully saturated rings. The Morgan fingerprint density at radius 2 is 2.27 bits per heavy atom. The van der Waals surface area contributed by atoms with Gasteiger partial charge in [0.15, 0.2) is 0 Å². The van der Waals surface area contributed by atoms with Crippen molar-refractivity contribution in [1.29, 1.82) is 0 Å². The zero-order valence-corrected chi connectivity index (χ0v) is 6.53. The van der Waals surface area contributed by atoms with Crippen LogP contribution in [0.1, 0.15) is 13.8 Å². The number of hydrazone groups is 1. The number of nitrogens with zero attached hydrogens (tertiary/aromatic N) is 1. The van der Waals surface area contributed by atoms with Crippen molar-refractivity contribution in [2.75, 3.05) is 6.54 Å². The molecule has 0 rings (SSSR count). The van der Waals surface area contributed by atoms with E-state index in [1.165, 1.54) is 0 Å². The van der Waals surface area contributed by atoms with E-state index in [-0.39, 0.29) is 6.54 Å². The van der Waals surface area contributed by atoms with Crippen LogP contribution < -0.4 is 5.43 Å². The predicted molar refractivity (Wildman–Crippen MR) is 40.4 cm³/mol. The zero-order chi connectivity index (χ0) is 8.91. The number of hydrogen-bond donors (Lipinski definition) is 3. The van der Waals surface area contributed by atoms with Crippen LogP contribution in [0.5, 0.6) is 0 Å². The van der Waals surface area contributed by atoms with Crippen molar-refractivity contribution in [3.63, 3.8) is 0 Å². The van der Waals surface area contributed by atoms with Crippen LogP contribution in [0.2, 0.25) is 0 Å². The van der Waals surface area contributed by atoms with Crippen molar-refractivity contribution in [2.45, 2.75) is 19.4 Å². The third-order valence-corrected chi connectivity index (χ3v) is 0.778. The van der Waals surface area contributed by atoms with Gasteiger partial charge >= 0.3 is 5.97 Å². The van der Waals surface area contributed by atoms with Crippen LogP contribution in [0.15, 0.2) is 5.10 Å². The number of carboxylic acids is 1. The summed E-state index contributed by atoms with van der Waals surface area (Å²) in [6, 6.07) is 0. The third kappa shape index (κ3) is 8.90. The Labute approximate surface area is 64.7 Å². The molecule has 0 bridgehead atoms. The first-order valence-electron chi connectivity index (χ1n) is 3.13. The second kappa shape index (κ2) is 3.92. The van der Waals surface area contributed by atoms with Crippen LogP contribution in [0.4, 0.5) is 0 Å². The highest BCUT2D eigenvalue weighted by Gasteiger charge is 2.10. The fraction of sp³-hybridized carbons (Fsp3) is 0.667. The molecule has 64 valence electrons. The highest BCUT2D eigenvalue weighted by atomic mass is 16.4. The Bertz CT molecular complexity index is 160. The minimum absolute atomic E-state index is 0.219. The molecule has 0 spiro atoms. The third-order valence-electron chi connectivity index (χ3n) is 0.778. The van der Waals surface area contributed by atoms with Crippen LogP contribution in [-0.2, 0) is 4.79 Å². The monoisotopic (exact) mass is 160 g/mol. The molecule has 0 radical (unpaired) electrons. The van der Waals surface area contributed by atoms with Crippen LogP contribution in [0.25, 0.3) is 0 Å². The molecule has 0 amide bonds. The van der Waals surface area contributed by atoms with Gasteiger partial charge in [-0.25, -0.2) is 4.79 Å². The van der Waals surface area contributed by atoms with E-state index in [9.17, 15) is 4.79 Å². The van der Waals surface area contributed by atoms with Gasteiger partial charge in [-0.1, -0.05) is 0 Å². The second-order valence-electron chi connectivity index (χ2n) is 2.74. The van der Waals surface area contributed by atoms with Crippen molar-refractivity contribution in [2.24, 2.45) is 5.10 Å². The van der Waals surface area contributed by atoms with E-state index in [0.29, 0.717) is 0 Å². The van der Waals surface area contributed by atoms with E-state index < -0.39 is 11.6 Å². The average Bonchev–Trinajstić information content (AvgIpc) is 1.78. The van der Waals surface area contributed by atoms with Gasteiger partial charge in [0, 0.05) is 0 Å². The molecule has 11 heavy (non-hydrogen) atoms. The summed E-state index contributed by atoms with van der Waals surface area (Å²) in [6.45, 7) is 3.41. The highest BCUT2D eigenvalue weighted by Crippen LogP contribution is 1.96. The largest absolute Gasteiger partial charge is 0.477 e. The molecule has 0 aliphatic heterocycles. The molecule has 0 unspecified atom stereocenters. The van der Waals surface area contributed by atoms with Gasteiger partial charge < -0.3 is 15.6 Å². The zero-order valence-electron chi connectivity index (χ0n) is 6.53. The molecule has 0 aliphatic rings. The van der Waals surface area contributed by atoms with Gasteiger partial charge in [-0.15, -0.1) is 0 Å². The minimum atomic E-state index is -1.12. The Kier molecular flexibility index (Phi) is 3.53. The molecule has 5 heteroatoms. The standard InChI is InChI=1S/C6H12N2O3/c1-6(2,11)4-8-7-3-5(9)10/h3,8,11H,4H2,1-2H3,(H,9,10)/b7-3+. The van der Waals surface area contributed by atoms with Crippen LogP contribution in [0, 0.1) is 0 Å². The number of aliphatic hydroxyl groups is 1. The normalized spacial score (nSPS) is 11.9. The molecule has 0 aromatic rings. The van der Waals surface area contributed by atoms with E-state index >= 15 is 0 Å². The number of aliphatic carboxylic acids is 1. The smallest absolute Gasteiger partial charge is 0.348 e. The maximum Gasteiger partial charge on any atom is 0.348 e. The van der Waals surface area contributed by atoms with Gasteiger partial charge in [-0.2, -0.15) is 5.10 Å². The summed E-state index contributed by atoms with van der Waals surface area (Å²) in [5, 5.41) is 20.5. The quantitative estimate of drug-likeness (QED) is 0.379. The Hall–Kier alpha value is -1.10. The van der Waals surface area contributed by atoms with E-state index in [2.05, 4.69) is 10.5 Å². The summed E-state index contributed by atoms with van der Waals surface area (Å²) in [5.74, 6) is -1.12. The summed E-state index contributed by atoms with van der Waals surface area (Å²) in [5.41, 5.74) is 1.52. The lowest BCUT2D eigenvalue weighted by atomic mass is 10.1. The Morgan fingerprint density at radius 1 is 1.73 bits per heavy atom. The van der Waals surface area contributed by atoms with E-state index in [4.69, 9.17) is 10.2 Å². The number of carbonyl (C=O) groups is 1. The lowest BCUT2D eigenvalue weighted by Gasteiger charge is -2.15. The Balaban J connectivity index is 3.50. The number of hydrogen-bond acceptors (Lipinski definition) is 4. The van der Waals surface area contributed by atoms with Gasteiger partial charge in [0.1, 0.15) is 6.21 Å². The molecular formula is C6H12N2O3. The molecule has 0 aromatic carbocycles. The summed E-state index contributed by atoms with van der Waals surface area (Å²) in [7, 11) is 0. The van der Waals surface area contributed by atoms with E-state index in [1.54, 1.807) is 13.8 Å². The van der Waals surface area contributed by atoms with Crippen molar-refractivity contribution in [1.82, 2.24) is 5.43 Å². The van der Waals surface area contributed by atoms with Gasteiger partial charge in [0.25, 0.3) is 0 Å². The first kappa shape index (κ1) is 9.90. The van der Waals surface area contributed by atoms with Crippen LogP contribution in [0.3, 0.4) is 0 Å². The summed E-state index contributed by atoms with van der Waals surface area (Å²) in [4.78, 5) is 9.87. The molecular weight excluding hydrogens is 148 g/mol. The topological polar surface area (TPSA) is 81.9 Å². The van der Waals surface area contributed by atoms with Crippen molar-refractivity contribution < 1.29 is 15.0 Å². The SMILES string of the molecule is CC(C)(O)CN/N=C/C(=O)O. The molecule has 0 saturated heterocycles. The average molecular weight is 160 g/mol. The molecule has 3 N–H and O–H groups in total. The summed E-state index contributed by atoms with van der Waals surface area (Å²) >= 11 is 0. The molecule has 0 aliphatic carbocycles. The highest BCUT2D eigenvalue weighted by molar-refractivity contribution is 6.21. The van der Waals surface area contributed by atoms with E-state index in [0.717, 1.165) is 6.21 Å². The van der Waals surface area contributed by atoms with Gasteiger partial charge in [-0.3, -0.25) is 0 Å². The lowest BCUT2D eigenvalue weighted by molar-refractivity contribution is -0.128. The fourth-order valence-corrected chi connectivity index (χ4v) is 0.340. The van der Waals surface area contributed by atoms with Gasteiger partial charge in [-0.05, 0) is 13.8 Å². The number of carboxylic acid groups (broad SMARTS) is 1.